The van der Waals surface area contributed by atoms with Crippen molar-refractivity contribution < 1.29 is 10.0 Å². The Morgan fingerprint density at radius 1 is 1.56 bits per heavy atom. The number of rotatable bonds is 3. The van der Waals surface area contributed by atoms with Crippen molar-refractivity contribution in [2.24, 2.45) is 0 Å². The van der Waals surface area contributed by atoms with Crippen molar-refractivity contribution in [2.75, 3.05) is 0 Å². The number of nitrogens with zero attached hydrogens (tertiary/aromatic N) is 5. The molecule has 2 aromatic rings. The van der Waals surface area contributed by atoms with Gasteiger partial charge in [-0.2, -0.15) is 5.26 Å². The Hall–Kier alpha value is -2.79. The predicted molar refractivity (Wildman–Crippen MR) is 58.7 cm³/mol. The second kappa shape index (κ2) is 4.60. The molecule has 0 aliphatic rings. The highest BCUT2D eigenvalue weighted by atomic mass is 16.6. The Bertz CT molecular complexity index is 643. The van der Waals surface area contributed by atoms with Crippen molar-refractivity contribution >= 4 is 5.69 Å². The summed E-state index contributed by atoms with van der Waals surface area (Å²) < 4.78 is 1.19. The summed E-state index contributed by atoms with van der Waals surface area (Å²) in [7, 11) is 0. The van der Waals surface area contributed by atoms with Crippen LogP contribution in [0, 0.1) is 21.4 Å². The van der Waals surface area contributed by atoms with Gasteiger partial charge in [-0.15, -0.1) is 5.10 Å². The fourth-order valence-corrected chi connectivity index (χ4v) is 1.42. The third-order valence-electron chi connectivity index (χ3n) is 2.25. The largest absolute Gasteiger partial charge is 0.390 e. The molecule has 0 unspecified atom stereocenters. The van der Waals surface area contributed by atoms with E-state index >= 15 is 0 Å². The minimum absolute atomic E-state index is 0.186. The van der Waals surface area contributed by atoms with Crippen molar-refractivity contribution in [3.05, 3.63) is 45.8 Å². The van der Waals surface area contributed by atoms with Crippen LogP contribution in [0.4, 0.5) is 5.69 Å². The van der Waals surface area contributed by atoms with Gasteiger partial charge in [0.25, 0.3) is 5.69 Å². The number of hydrogen-bond acceptors (Lipinski definition) is 6. The summed E-state index contributed by atoms with van der Waals surface area (Å²) in [5, 5.41) is 35.8. The normalized spacial score (nSPS) is 10.0. The first-order chi connectivity index (χ1) is 8.65. The third kappa shape index (κ3) is 2.02. The second-order valence-electron chi connectivity index (χ2n) is 3.38. The molecular formula is C10H7N5O3. The van der Waals surface area contributed by atoms with Crippen LogP contribution >= 0.6 is 0 Å². The Morgan fingerprint density at radius 3 is 2.89 bits per heavy atom. The minimum atomic E-state index is -0.601. The van der Waals surface area contributed by atoms with Crippen LogP contribution in [0.2, 0.25) is 0 Å². The number of hydrogen-bond donors (Lipinski definition) is 1. The van der Waals surface area contributed by atoms with Crippen LogP contribution < -0.4 is 0 Å². The smallest absolute Gasteiger partial charge is 0.296 e. The number of benzene rings is 1. The van der Waals surface area contributed by atoms with Crippen molar-refractivity contribution in [1.29, 1.82) is 5.26 Å². The lowest BCUT2D eigenvalue weighted by Gasteiger charge is -2.01. The molecule has 2 rings (SSSR count). The molecule has 0 saturated carbocycles. The van der Waals surface area contributed by atoms with Crippen molar-refractivity contribution in [3.8, 4) is 11.8 Å². The summed E-state index contributed by atoms with van der Waals surface area (Å²) >= 11 is 0. The van der Waals surface area contributed by atoms with E-state index in [0.717, 1.165) is 6.07 Å². The molecule has 0 radical (unpaired) electrons. The quantitative estimate of drug-likeness (QED) is 0.622. The maximum atomic E-state index is 10.9. The number of nitro groups is 1. The maximum Gasteiger partial charge on any atom is 0.296 e. The van der Waals surface area contributed by atoms with E-state index in [9.17, 15) is 10.1 Å². The number of aromatic nitrogens is 3. The van der Waals surface area contributed by atoms with Gasteiger partial charge in [0.05, 0.1) is 29.4 Å². The SMILES string of the molecule is N#Cc1ccc(-n2cc(CO)nn2)c([N+](=O)[O-])c1. The average Bonchev–Trinajstić information content (AvgIpc) is 2.86. The first-order valence-corrected chi connectivity index (χ1v) is 4.86. The summed E-state index contributed by atoms with van der Waals surface area (Å²) in [6.45, 7) is -0.302. The molecule has 0 bridgehead atoms. The summed E-state index contributed by atoms with van der Waals surface area (Å²) in [6, 6.07) is 5.85. The molecule has 0 aliphatic heterocycles. The van der Waals surface area contributed by atoms with Gasteiger partial charge >= 0.3 is 0 Å². The number of nitriles is 1. The molecule has 0 spiro atoms. The molecule has 0 atom stereocenters. The molecular weight excluding hydrogens is 238 g/mol. The lowest BCUT2D eigenvalue weighted by atomic mass is 10.2. The van der Waals surface area contributed by atoms with Gasteiger partial charge in [-0.25, -0.2) is 4.68 Å². The van der Waals surface area contributed by atoms with Crippen LogP contribution in [0.1, 0.15) is 11.3 Å². The zero-order valence-corrected chi connectivity index (χ0v) is 9.02. The van der Waals surface area contributed by atoms with E-state index < -0.39 is 4.92 Å². The molecule has 1 aromatic carbocycles. The standard InChI is InChI=1S/C10H7N5O3/c11-4-7-1-2-9(10(3-7)15(17)18)14-5-8(6-16)12-13-14/h1-3,5,16H,6H2. The molecule has 0 aliphatic carbocycles. The average molecular weight is 245 g/mol. The van der Waals surface area contributed by atoms with Gasteiger partial charge in [-0.3, -0.25) is 10.1 Å². The fraction of sp³-hybridized carbons (Fsp3) is 0.100. The zero-order chi connectivity index (χ0) is 13.1. The van der Waals surface area contributed by atoms with Gasteiger partial charge in [0.15, 0.2) is 0 Å². The van der Waals surface area contributed by atoms with Crippen molar-refractivity contribution in [3.63, 3.8) is 0 Å². The summed E-state index contributed by atoms with van der Waals surface area (Å²) in [4.78, 5) is 10.3. The van der Waals surface area contributed by atoms with E-state index in [1.54, 1.807) is 0 Å². The Morgan fingerprint density at radius 2 is 2.33 bits per heavy atom. The first-order valence-electron chi connectivity index (χ1n) is 4.86. The zero-order valence-electron chi connectivity index (χ0n) is 9.02. The van der Waals surface area contributed by atoms with E-state index in [0.29, 0.717) is 5.69 Å². The molecule has 8 nitrogen and oxygen atoms in total. The van der Waals surface area contributed by atoms with Crippen molar-refractivity contribution in [2.45, 2.75) is 6.61 Å². The molecule has 18 heavy (non-hydrogen) atoms. The molecule has 0 saturated heterocycles. The van der Waals surface area contributed by atoms with E-state index in [-0.39, 0.29) is 23.5 Å². The van der Waals surface area contributed by atoms with Gasteiger partial charge in [0, 0.05) is 6.07 Å². The Labute approximate surface area is 101 Å². The number of aliphatic hydroxyl groups excluding tert-OH is 1. The molecule has 0 amide bonds. The van der Waals surface area contributed by atoms with Crippen LogP contribution in [0.5, 0.6) is 0 Å². The lowest BCUT2D eigenvalue weighted by molar-refractivity contribution is -0.384. The monoisotopic (exact) mass is 245 g/mol. The molecule has 90 valence electrons. The lowest BCUT2D eigenvalue weighted by Crippen LogP contribution is -2.01. The van der Waals surface area contributed by atoms with Gasteiger partial charge in [-0.1, -0.05) is 5.21 Å². The first kappa shape index (κ1) is 11.7. The van der Waals surface area contributed by atoms with Crippen LogP contribution in [-0.4, -0.2) is 25.0 Å². The minimum Gasteiger partial charge on any atom is -0.390 e. The summed E-state index contributed by atoms with van der Waals surface area (Å²) in [5.74, 6) is 0. The Kier molecular flexibility index (Phi) is 2.99. The molecule has 0 fully saturated rings. The highest BCUT2D eigenvalue weighted by Crippen LogP contribution is 2.23. The molecule has 8 heteroatoms. The summed E-state index contributed by atoms with van der Waals surface area (Å²) in [6.07, 6.45) is 1.38. The van der Waals surface area contributed by atoms with E-state index in [2.05, 4.69) is 10.3 Å². The highest BCUT2D eigenvalue weighted by molar-refractivity contribution is 5.55. The molecule has 1 aromatic heterocycles. The van der Waals surface area contributed by atoms with Crippen molar-refractivity contribution in [1.82, 2.24) is 15.0 Å². The van der Waals surface area contributed by atoms with E-state index in [1.165, 1.54) is 23.0 Å². The number of aliphatic hydroxyl groups is 1. The van der Waals surface area contributed by atoms with Gasteiger partial charge in [0.1, 0.15) is 11.4 Å². The van der Waals surface area contributed by atoms with Gasteiger partial charge in [0.2, 0.25) is 0 Å². The van der Waals surface area contributed by atoms with Crippen LogP contribution in [0.25, 0.3) is 5.69 Å². The predicted octanol–water partition coefficient (Wildman–Crippen LogP) is 0.539. The van der Waals surface area contributed by atoms with E-state index in [1.807, 2.05) is 6.07 Å². The Balaban J connectivity index is 2.56. The molecule has 1 N–H and O–H groups in total. The highest BCUT2D eigenvalue weighted by Gasteiger charge is 2.17. The van der Waals surface area contributed by atoms with Gasteiger partial charge in [-0.05, 0) is 12.1 Å². The molecule has 1 heterocycles. The van der Waals surface area contributed by atoms with Gasteiger partial charge < -0.3 is 5.11 Å². The second-order valence-corrected chi connectivity index (χ2v) is 3.38. The van der Waals surface area contributed by atoms with E-state index in [4.69, 9.17) is 10.4 Å². The topological polar surface area (TPSA) is 118 Å². The fourth-order valence-electron chi connectivity index (χ4n) is 1.42. The van der Waals surface area contributed by atoms with Crippen LogP contribution in [0.15, 0.2) is 24.4 Å². The van der Waals surface area contributed by atoms with Crippen LogP contribution in [-0.2, 0) is 6.61 Å². The third-order valence-corrected chi connectivity index (χ3v) is 2.25. The summed E-state index contributed by atoms with van der Waals surface area (Å²) in [5.41, 5.74) is 0.427. The maximum absolute atomic E-state index is 10.9. The number of nitro benzene ring substituents is 1. The van der Waals surface area contributed by atoms with Crippen LogP contribution in [0.3, 0.4) is 0 Å².